The van der Waals surface area contributed by atoms with E-state index in [2.05, 4.69) is 0 Å². The minimum Gasteiger partial charge on any atom is -0.497 e. The standard InChI is InChI=1S/C19H18N2O7/c1-26-14-4-6-15(7-5-14)28-19(23)12-9-18(22)20(11-12)16-8-3-13(21(24)25)10-17(16)27-2/h3-8,10,12H,9,11H2,1-2H3/t12-/m0/s1. The van der Waals surface area contributed by atoms with Crippen LogP contribution in [0.1, 0.15) is 6.42 Å². The van der Waals surface area contributed by atoms with E-state index in [9.17, 15) is 19.7 Å². The summed E-state index contributed by atoms with van der Waals surface area (Å²) in [5, 5.41) is 10.9. The number of amides is 1. The zero-order valence-corrected chi connectivity index (χ0v) is 15.3. The molecule has 0 bridgehead atoms. The Morgan fingerprint density at radius 2 is 1.79 bits per heavy atom. The van der Waals surface area contributed by atoms with Crippen LogP contribution < -0.4 is 19.1 Å². The van der Waals surface area contributed by atoms with Crippen molar-refractivity contribution in [2.45, 2.75) is 6.42 Å². The Kier molecular flexibility index (Phi) is 5.44. The fraction of sp³-hybridized carbons (Fsp3) is 0.263. The van der Waals surface area contributed by atoms with E-state index in [1.165, 1.54) is 37.3 Å². The van der Waals surface area contributed by atoms with E-state index < -0.39 is 16.8 Å². The molecular weight excluding hydrogens is 368 g/mol. The molecule has 1 amide bonds. The van der Waals surface area contributed by atoms with Crippen molar-refractivity contribution >= 4 is 23.3 Å². The molecule has 0 spiro atoms. The van der Waals surface area contributed by atoms with Gasteiger partial charge in [0.05, 0.1) is 36.8 Å². The number of nitro benzene ring substituents is 1. The van der Waals surface area contributed by atoms with E-state index in [1.807, 2.05) is 0 Å². The van der Waals surface area contributed by atoms with Gasteiger partial charge >= 0.3 is 5.97 Å². The zero-order chi connectivity index (χ0) is 20.3. The summed E-state index contributed by atoms with van der Waals surface area (Å²) < 4.78 is 15.6. The van der Waals surface area contributed by atoms with Crippen LogP contribution in [0, 0.1) is 16.0 Å². The summed E-state index contributed by atoms with van der Waals surface area (Å²) in [4.78, 5) is 36.6. The lowest BCUT2D eigenvalue weighted by atomic mass is 10.1. The van der Waals surface area contributed by atoms with Crippen LogP contribution >= 0.6 is 0 Å². The number of carbonyl (C=O) groups is 2. The minimum absolute atomic E-state index is 0.0187. The average molecular weight is 386 g/mol. The maximum atomic E-state index is 12.4. The molecule has 2 aromatic rings. The molecule has 2 aromatic carbocycles. The van der Waals surface area contributed by atoms with Crippen molar-refractivity contribution in [3.8, 4) is 17.2 Å². The van der Waals surface area contributed by atoms with Gasteiger partial charge in [0.2, 0.25) is 5.91 Å². The molecular formula is C19H18N2O7. The molecule has 1 fully saturated rings. The number of carbonyl (C=O) groups excluding carboxylic acids is 2. The first-order valence-corrected chi connectivity index (χ1v) is 8.41. The summed E-state index contributed by atoms with van der Waals surface area (Å²) in [7, 11) is 2.89. The van der Waals surface area contributed by atoms with Gasteiger partial charge in [0.1, 0.15) is 17.2 Å². The maximum absolute atomic E-state index is 12.4. The summed E-state index contributed by atoms with van der Waals surface area (Å²) in [6.45, 7) is 0.0992. The second-order valence-electron chi connectivity index (χ2n) is 6.12. The fourth-order valence-corrected chi connectivity index (χ4v) is 2.94. The predicted molar refractivity (Wildman–Crippen MR) is 98.7 cm³/mol. The molecule has 0 radical (unpaired) electrons. The number of ether oxygens (including phenoxy) is 3. The van der Waals surface area contributed by atoms with E-state index in [-0.39, 0.29) is 30.3 Å². The number of nitro groups is 1. The van der Waals surface area contributed by atoms with E-state index in [4.69, 9.17) is 14.2 Å². The summed E-state index contributed by atoms with van der Waals surface area (Å²) in [6, 6.07) is 10.5. The molecule has 3 rings (SSSR count). The number of methoxy groups -OCH3 is 2. The summed E-state index contributed by atoms with van der Waals surface area (Å²) >= 11 is 0. The highest BCUT2D eigenvalue weighted by molar-refractivity contribution is 6.00. The summed E-state index contributed by atoms with van der Waals surface area (Å²) in [5.41, 5.74) is 0.223. The lowest BCUT2D eigenvalue weighted by molar-refractivity contribution is -0.384. The number of non-ortho nitro benzene ring substituents is 1. The van der Waals surface area contributed by atoms with Crippen molar-refractivity contribution in [2.24, 2.45) is 5.92 Å². The predicted octanol–water partition coefficient (Wildman–Crippen LogP) is 2.57. The van der Waals surface area contributed by atoms with Gasteiger partial charge < -0.3 is 19.1 Å². The zero-order valence-electron chi connectivity index (χ0n) is 15.3. The molecule has 1 saturated heterocycles. The van der Waals surface area contributed by atoms with Crippen LogP contribution in [-0.2, 0) is 9.59 Å². The highest BCUT2D eigenvalue weighted by atomic mass is 16.6. The largest absolute Gasteiger partial charge is 0.497 e. The summed E-state index contributed by atoms with van der Waals surface area (Å²) in [5.74, 6) is -0.302. The SMILES string of the molecule is COc1ccc(OC(=O)[C@H]2CC(=O)N(c3ccc([N+](=O)[O-])cc3OC)C2)cc1. The van der Waals surface area contributed by atoms with E-state index in [1.54, 1.807) is 24.3 Å². The van der Waals surface area contributed by atoms with Gasteiger partial charge in [-0.2, -0.15) is 0 Å². The third-order valence-corrected chi connectivity index (χ3v) is 4.40. The number of anilines is 1. The van der Waals surface area contributed by atoms with Crippen LogP contribution in [0.2, 0.25) is 0 Å². The second-order valence-corrected chi connectivity index (χ2v) is 6.12. The summed E-state index contributed by atoms with van der Waals surface area (Å²) in [6.07, 6.45) is -0.0187. The van der Waals surface area contributed by atoms with Crippen LogP contribution in [0.15, 0.2) is 42.5 Å². The van der Waals surface area contributed by atoms with Crippen LogP contribution in [0.5, 0.6) is 17.2 Å². The molecule has 1 aliphatic heterocycles. The molecule has 146 valence electrons. The highest BCUT2D eigenvalue weighted by Gasteiger charge is 2.37. The number of hydrogen-bond acceptors (Lipinski definition) is 7. The van der Waals surface area contributed by atoms with Gasteiger partial charge in [-0.05, 0) is 30.3 Å². The Labute approximate surface area is 160 Å². The number of nitrogens with zero attached hydrogens (tertiary/aromatic N) is 2. The van der Waals surface area contributed by atoms with Gasteiger partial charge in [0.25, 0.3) is 5.69 Å². The fourth-order valence-electron chi connectivity index (χ4n) is 2.94. The van der Waals surface area contributed by atoms with Crippen molar-refractivity contribution in [3.63, 3.8) is 0 Å². The second kappa shape index (κ2) is 7.95. The first-order chi connectivity index (χ1) is 13.4. The Bertz CT molecular complexity index is 911. The topological polar surface area (TPSA) is 108 Å². The molecule has 0 aliphatic carbocycles. The Hall–Kier alpha value is -3.62. The van der Waals surface area contributed by atoms with Crippen LogP contribution in [-0.4, -0.2) is 37.6 Å². The lowest BCUT2D eigenvalue weighted by Gasteiger charge is -2.19. The third kappa shape index (κ3) is 3.88. The molecule has 9 heteroatoms. The molecule has 28 heavy (non-hydrogen) atoms. The number of hydrogen-bond donors (Lipinski definition) is 0. The van der Waals surface area contributed by atoms with Crippen molar-refractivity contribution in [1.82, 2.24) is 0 Å². The normalized spacial score (nSPS) is 16.0. The van der Waals surface area contributed by atoms with Crippen molar-refractivity contribution in [3.05, 3.63) is 52.6 Å². The Morgan fingerprint density at radius 3 is 2.39 bits per heavy atom. The smallest absolute Gasteiger partial charge is 0.316 e. The van der Waals surface area contributed by atoms with Crippen molar-refractivity contribution < 1.29 is 28.7 Å². The molecule has 0 N–H and O–H groups in total. The molecule has 9 nitrogen and oxygen atoms in total. The van der Waals surface area contributed by atoms with Gasteiger partial charge in [-0.25, -0.2) is 0 Å². The number of rotatable bonds is 6. The van der Waals surface area contributed by atoms with Crippen LogP contribution in [0.4, 0.5) is 11.4 Å². The first-order valence-electron chi connectivity index (χ1n) is 8.41. The maximum Gasteiger partial charge on any atom is 0.316 e. The van der Waals surface area contributed by atoms with Gasteiger partial charge in [-0.3, -0.25) is 19.7 Å². The van der Waals surface area contributed by atoms with Crippen LogP contribution in [0.25, 0.3) is 0 Å². The van der Waals surface area contributed by atoms with Crippen LogP contribution in [0.3, 0.4) is 0 Å². The molecule has 1 heterocycles. The number of esters is 1. The molecule has 0 aromatic heterocycles. The van der Waals surface area contributed by atoms with E-state index in [0.29, 0.717) is 17.2 Å². The highest BCUT2D eigenvalue weighted by Crippen LogP contribution is 2.36. The van der Waals surface area contributed by atoms with Gasteiger partial charge in [-0.1, -0.05) is 0 Å². The van der Waals surface area contributed by atoms with Gasteiger partial charge in [-0.15, -0.1) is 0 Å². The average Bonchev–Trinajstić information content (AvgIpc) is 3.09. The lowest BCUT2D eigenvalue weighted by Crippen LogP contribution is -2.27. The Balaban J connectivity index is 1.74. The van der Waals surface area contributed by atoms with Crippen molar-refractivity contribution in [2.75, 3.05) is 25.7 Å². The number of benzene rings is 2. The molecule has 1 aliphatic rings. The van der Waals surface area contributed by atoms with E-state index in [0.717, 1.165) is 0 Å². The quantitative estimate of drug-likeness (QED) is 0.325. The molecule has 0 unspecified atom stereocenters. The monoisotopic (exact) mass is 386 g/mol. The minimum atomic E-state index is -0.658. The van der Waals surface area contributed by atoms with Gasteiger partial charge in [0, 0.05) is 19.0 Å². The van der Waals surface area contributed by atoms with Gasteiger partial charge in [0.15, 0.2) is 0 Å². The first kappa shape index (κ1) is 19.2. The van der Waals surface area contributed by atoms with Crippen molar-refractivity contribution in [1.29, 1.82) is 0 Å². The van der Waals surface area contributed by atoms with E-state index >= 15 is 0 Å². The molecule has 1 atom stereocenters. The third-order valence-electron chi connectivity index (χ3n) is 4.40. The molecule has 0 saturated carbocycles. The Morgan fingerprint density at radius 1 is 1.11 bits per heavy atom.